The van der Waals surface area contributed by atoms with Crippen molar-refractivity contribution in [2.45, 2.75) is 29.5 Å². The van der Waals surface area contributed by atoms with Crippen LogP contribution in [0.3, 0.4) is 0 Å². The summed E-state index contributed by atoms with van der Waals surface area (Å²) >= 11 is 6.00. The zero-order chi connectivity index (χ0) is 15.0. The van der Waals surface area contributed by atoms with Crippen molar-refractivity contribution in [3.05, 3.63) is 41.1 Å². The largest absolute Gasteiger partial charge is 0.424 e. The maximum Gasteiger partial charge on any atom is 0.233 e. The van der Waals surface area contributed by atoms with Crippen molar-refractivity contribution in [2.24, 2.45) is 0 Å². The van der Waals surface area contributed by atoms with Crippen molar-refractivity contribution in [1.82, 2.24) is 15.5 Å². The van der Waals surface area contributed by atoms with Crippen molar-refractivity contribution < 1.29 is 12.8 Å². The van der Waals surface area contributed by atoms with Gasteiger partial charge in [-0.2, -0.15) is 0 Å². The lowest BCUT2D eigenvalue weighted by atomic mass is 10.2. The van der Waals surface area contributed by atoms with Crippen LogP contribution in [0.25, 0.3) is 0 Å². The lowest BCUT2D eigenvalue weighted by molar-refractivity contribution is 0.413. The van der Waals surface area contributed by atoms with E-state index in [0.717, 1.165) is 0 Å². The van der Waals surface area contributed by atoms with Gasteiger partial charge < -0.3 is 9.73 Å². The topological polar surface area (TPSA) is 85.1 Å². The van der Waals surface area contributed by atoms with Gasteiger partial charge in [-0.15, -0.1) is 10.2 Å². The molecule has 112 valence electrons. The minimum Gasteiger partial charge on any atom is -0.424 e. The van der Waals surface area contributed by atoms with Crippen LogP contribution in [0.4, 0.5) is 0 Å². The Morgan fingerprint density at radius 1 is 1.33 bits per heavy atom. The van der Waals surface area contributed by atoms with Gasteiger partial charge in [-0.3, -0.25) is 0 Å². The summed E-state index contributed by atoms with van der Waals surface area (Å²) in [5.74, 6) is 0.883. The van der Waals surface area contributed by atoms with Crippen LogP contribution in [0.2, 0.25) is 5.02 Å². The Hall–Kier alpha value is -1.44. The van der Waals surface area contributed by atoms with Crippen molar-refractivity contribution in [3.63, 3.8) is 0 Å². The molecule has 1 aliphatic heterocycles. The average Bonchev–Trinajstić information content (AvgIpc) is 3.07. The summed E-state index contributed by atoms with van der Waals surface area (Å²) in [4.78, 5) is 0.167. The highest BCUT2D eigenvalue weighted by Gasteiger charge is 2.38. The van der Waals surface area contributed by atoms with Crippen LogP contribution in [0.15, 0.2) is 33.6 Å². The lowest BCUT2D eigenvalue weighted by Crippen LogP contribution is -2.24. The lowest BCUT2D eigenvalue weighted by Gasteiger charge is -2.11. The third-order valence-electron chi connectivity index (χ3n) is 3.51. The molecule has 1 N–H and O–H groups in total. The molecule has 2 unspecified atom stereocenters. The molecule has 1 fully saturated rings. The Labute approximate surface area is 127 Å². The van der Waals surface area contributed by atoms with Crippen molar-refractivity contribution in [2.75, 3.05) is 6.54 Å². The summed E-state index contributed by atoms with van der Waals surface area (Å²) in [6.45, 7) is 2.03. The summed E-state index contributed by atoms with van der Waals surface area (Å²) in [7, 11) is -3.49. The van der Waals surface area contributed by atoms with E-state index in [1.807, 2.05) is 0 Å². The number of halogens is 1. The Morgan fingerprint density at radius 2 is 2.10 bits per heavy atom. The molecular weight excluding hydrogens is 314 g/mol. The normalized spacial score (nSPS) is 22.6. The zero-order valence-electron chi connectivity index (χ0n) is 11.3. The second-order valence-corrected chi connectivity index (χ2v) is 7.56. The highest BCUT2D eigenvalue weighted by molar-refractivity contribution is 7.92. The smallest absolute Gasteiger partial charge is 0.233 e. The summed E-state index contributed by atoms with van der Waals surface area (Å²) in [6.07, 6.45) is 0.384. The van der Waals surface area contributed by atoms with Gasteiger partial charge in [0.15, 0.2) is 9.84 Å². The van der Waals surface area contributed by atoms with E-state index in [4.69, 9.17) is 16.0 Å². The minimum atomic E-state index is -3.49. The first-order valence-corrected chi connectivity index (χ1v) is 8.42. The molecule has 3 rings (SSSR count). The van der Waals surface area contributed by atoms with Crippen LogP contribution in [0, 0.1) is 6.92 Å². The summed E-state index contributed by atoms with van der Waals surface area (Å²) in [6, 6.07) is 6.24. The van der Waals surface area contributed by atoms with Crippen molar-refractivity contribution >= 4 is 21.4 Å². The number of rotatable bonds is 3. The molecule has 1 saturated heterocycles. The quantitative estimate of drug-likeness (QED) is 0.927. The van der Waals surface area contributed by atoms with E-state index in [9.17, 15) is 8.42 Å². The molecule has 0 radical (unpaired) electrons. The number of hydrogen-bond acceptors (Lipinski definition) is 6. The molecule has 0 aliphatic carbocycles. The molecule has 0 amide bonds. The van der Waals surface area contributed by atoms with E-state index in [1.165, 1.54) is 6.07 Å². The van der Waals surface area contributed by atoms with Gasteiger partial charge in [-0.25, -0.2) is 8.42 Å². The molecule has 8 heteroatoms. The predicted octanol–water partition coefficient (Wildman–Crippen LogP) is 1.91. The van der Waals surface area contributed by atoms with E-state index in [1.54, 1.807) is 25.1 Å². The first kappa shape index (κ1) is 14.5. The first-order chi connectivity index (χ1) is 9.98. The molecule has 1 aromatic heterocycles. The second-order valence-electron chi connectivity index (χ2n) is 4.95. The number of nitrogens with zero attached hydrogens (tertiary/aromatic N) is 2. The van der Waals surface area contributed by atoms with E-state index >= 15 is 0 Å². The summed E-state index contributed by atoms with van der Waals surface area (Å²) in [5.41, 5.74) is 0. The van der Waals surface area contributed by atoms with Gasteiger partial charge in [0.2, 0.25) is 11.8 Å². The third-order valence-corrected chi connectivity index (χ3v) is 6.16. The maximum atomic E-state index is 12.6. The number of aromatic nitrogens is 2. The SMILES string of the molecule is Cc1nnc(C2CC(S(=O)(=O)c3ccccc3Cl)CN2)o1. The van der Waals surface area contributed by atoms with Gasteiger partial charge in [-0.05, 0) is 18.6 Å². The van der Waals surface area contributed by atoms with Crippen LogP contribution in [0.1, 0.15) is 24.2 Å². The Morgan fingerprint density at radius 3 is 2.76 bits per heavy atom. The monoisotopic (exact) mass is 327 g/mol. The molecule has 2 aromatic rings. The van der Waals surface area contributed by atoms with Crippen LogP contribution in [0.5, 0.6) is 0 Å². The fourth-order valence-corrected chi connectivity index (χ4v) is 4.62. The number of aryl methyl sites for hydroxylation is 1. The van der Waals surface area contributed by atoms with Gasteiger partial charge in [0, 0.05) is 13.5 Å². The zero-order valence-corrected chi connectivity index (χ0v) is 12.9. The number of sulfone groups is 1. The number of benzene rings is 1. The van der Waals surface area contributed by atoms with Gasteiger partial charge >= 0.3 is 0 Å². The van der Waals surface area contributed by atoms with Crippen molar-refractivity contribution in [3.8, 4) is 0 Å². The van der Waals surface area contributed by atoms with Crippen LogP contribution in [-0.4, -0.2) is 30.4 Å². The minimum absolute atomic E-state index is 0.167. The number of hydrogen-bond donors (Lipinski definition) is 1. The Bertz CT molecular complexity index is 760. The molecule has 1 aliphatic rings. The summed E-state index contributed by atoms with van der Waals surface area (Å²) < 4.78 is 30.6. The van der Waals surface area contributed by atoms with Crippen LogP contribution < -0.4 is 5.32 Å². The molecule has 6 nitrogen and oxygen atoms in total. The average molecular weight is 328 g/mol. The summed E-state index contributed by atoms with van der Waals surface area (Å²) in [5, 5.41) is 10.5. The molecule has 0 spiro atoms. The molecule has 2 atom stereocenters. The molecule has 0 bridgehead atoms. The van der Waals surface area contributed by atoms with E-state index < -0.39 is 15.1 Å². The molecular formula is C13H14ClN3O3S. The predicted molar refractivity (Wildman–Crippen MR) is 76.8 cm³/mol. The van der Waals surface area contributed by atoms with Gasteiger partial charge in [0.25, 0.3) is 0 Å². The molecule has 1 aromatic carbocycles. The van der Waals surface area contributed by atoms with Crippen molar-refractivity contribution in [1.29, 1.82) is 0 Å². The van der Waals surface area contributed by atoms with E-state index in [0.29, 0.717) is 24.7 Å². The van der Waals surface area contributed by atoms with E-state index in [2.05, 4.69) is 15.5 Å². The molecule has 21 heavy (non-hydrogen) atoms. The standard InChI is InChI=1S/C13H14ClN3O3S/c1-8-16-17-13(20-8)11-6-9(7-15-11)21(18,19)12-5-3-2-4-10(12)14/h2-5,9,11,15H,6-7H2,1H3. The number of nitrogens with one attached hydrogen (secondary N) is 1. The highest BCUT2D eigenvalue weighted by Crippen LogP contribution is 2.32. The van der Waals surface area contributed by atoms with Gasteiger partial charge in [0.05, 0.1) is 21.2 Å². The van der Waals surface area contributed by atoms with Crippen LogP contribution in [-0.2, 0) is 9.84 Å². The third kappa shape index (κ3) is 2.68. The van der Waals surface area contributed by atoms with E-state index in [-0.39, 0.29) is 16.0 Å². The molecule has 0 saturated carbocycles. The van der Waals surface area contributed by atoms with Gasteiger partial charge in [0.1, 0.15) is 0 Å². The molecule has 2 heterocycles. The second kappa shape index (κ2) is 5.40. The maximum absolute atomic E-state index is 12.6. The fraction of sp³-hybridized carbons (Fsp3) is 0.385. The van der Waals surface area contributed by atoms with Gasteiger partial charge in [-0.1, -0.05) is 23.7 Å². The Balaban J connectivity index is 1.84. The Kier molecular flexibility index (Phi) is 3.73. The van der Waals surface area contributed by atoms with Crippen LogP contribution >= 0.6 is 11.6 Å². The fourth-order valence-electron chi connectivity index (χ4n) is 2.44. The highest BCUT2D eigenvalue weighted by atomic mass is 35.5. The first-order valence-electron chi connectivity index (χ1n) is 6.50.